The molecule has 3 N–H and O–H groups in total. The van der Waals surface area contributed by atoms with Gasteiger partial charge in [0.25, 0.3) is 5.91 Å². The minimum Gasteiger partial charge on any atom is -0.397 e. The van der Waals surface area contributed by atoms with Crippen molar-refractivity contribution in [2.75, 3.05) is 32.1 Å². The van der Waals surface area contributed by atoms with Gasteiger partial charge in [-0.1, -0.05) is 11.6 Å². The van der Waals surface area contributed by atoms with Crippen LogP contribution in [0.25, 0.3) is 0 Å². The Hall–Kier alpha value is -1.37. The van der Waals surface area contributed by atoms with Gasteiger partial charge < -0.3 is 20.5 Å². The second kappa shape index (κ2) is 5.51. The van der Waals surface area contributed by atoms with Gasteiger partial charge in [-0.2, -0.15) is 0 Å². The molecule has 0 spiro atoms. The number of halogens is 1. The van der Waals surface area contributed by atoms with Gasteiger partial charge >= 0.3 is 0 Å². The van der Waals surface area contributed by atoms with Crippen LogP contribution in [-0.4, -0.2) is 53.3 Å². The zero-order valence-electron chi connectivity index (χ0n) is 9.67. The van der Waals surface area contributed by atoms with Crippen LogP contribution in [0.4, 0.5) is 5.69 Å². The highest BCUT2D eigenvalue weighted by Gasteiger charge is 2.29. The monoisotopic (exact) mass is 271 g/mol. The second-order valence-electron chi connectivity index (χ2n) is 4.02. The molecule has 0 aliphatic carbocycles. The fraction of sp³-hybridized carbons (Fsp3) is 0.455. The number of hydrogen-bond donors (Lipinski definition) is 2. The number of amides is 1. The maximum Gasteiger partial charge on any atom is 0.257 e. The van der Waals surface area contributed by atoms with Gasteiger partial charge in [-0.15, -0.1) is 0 Å². The van der Waals surface area contributed by atoms with Gasteiger partial charge in [0.2, 0.25) is 0 Å². The number of nitrogens with two attached hydrogens (primary N) is 1. The van der Waals surface area contributed by atoms with Crippen molar-refractivity contribution in [1.82, 2.24) is 9.88 Å². The van der Waals surface area contributed by atoms with E-state index in [0.717, 1.165) is 0 Å². The summed E-state index contributed by atoms with van der Waals surface area (Å²) >= 11 is 5.89. The number of aromatic nitrogens is 1. The molecule has 18 heavy (non-hydrogen) atoms. The van der Waals surface area contributed by atoms with E-state index in [9.17, 15) is 9.90 Å². The summed E-state index contributed by atoms with van der Waals surface area (Å²) in [6.45, 7) is 1.01. The average Bonchev–Trinajstić information content (AvgIpc) is 2.40. The van der Waals surface area contributed by atoms with Gasteiger partial charge in [-0.3, -0.25) is 4.79 Å². The van der Waals surface area contributed by atoms with Crippen molar-refractivity contribution < 1.29 is 14.6 Å². The van der Waals surface area contributed by atoms with Crippen LogP contribution < -0.4 is 5.73 Å². The highest BCUT2D eigenvalue weighted by molar-refractivity contribution is 6.32. The first-order chi connectivity index (χ1) is 8.63. The molecule has 2 heterocycles. The molecule has 1 saturated heterocycles. The third kappa shape index (κ3) is 2.55. The smallest absolute Gasteiger partial charge is 0.257 e. The van der Waals surface area contributed by atoms with Gasteiger partial charge in [0.1, 0.15) is 5.15 Å². The third-order valence-corrected chi connectivity index (χ3v) is 3.09. The molecule has 1 aliphatic rings. The molecule has 7 heteroatoms. The third-order valence-electron chi connectivity index (χ3n) is 2.79. The van der Waals surface area contributed by atoms with Crippen molar-refractivity contribution in [3.8, 4) is 0 Å². The van der Waals surface area contributed by atoms with E-state index in [1.54, 1.807) is 0 Å². The Kier molecular flexibility index (Phi) is 4.00. The van der Waals surface area contributed by atoms with E-state index in [2.05, 4.69) is 4.98 Å². The highest BCUT2D eigenvalue weighted by Crippen LogP contribution is 2.20. The minimum atomic E-state index is -0.358. The van der Waals surface area contributed by atoms with Crippen LogP contribution in [0.15, 0.2) is 12.3 Å². The van der Waals surface area contributed by atoms with Crippen LogP contribution in [0.5, 0.6) is 0 Å². The molecule has 0 bridgehead atoms. The second-order valence-corrected chi connectivity index (χ2v) is 4.37. The van der Waals surface area contributed by atoms with Crippen LogP contribution in [-0.2, 0) is 4.74 Å². The van der Waals surface area contributed by atoms with E-state index in [-0.39, 0.29) is 29.3 Å². The molecule has 0 radical (unpaired) electrons. The Morgan fingerprint density at radius 2 is 2.50 bits per heavy atom. The Morgan fingerprint density at radius 1 is 1.72 bits per heavy atom. The van der Waals surface area contributed by atoms with Gasteiger partial charge in [0.05, 0.1) is 43.3 Å². The molecule has 6 nitrogen and oxygen atoms in total. The van der Waals surface area contributed by atoms with Crippen LogP contribution >= 0.6 is 11.6 Å². The fourth-order valence-corrected chi connectivity index (χ4v) is 2.03. The normalized spacial score (nSPS) is 19.9. The number of aliphatic hydroxyl groups is 1. The van der Waals surface area contributed by atoms with Crippen molar-refractivity contribution in [2.24, 2.45) is 0 Å². The molecule has 0 aromatic carbocycles. The summed E-state index contributed by atoms with van der Waals surface area (Å²) in [5.41, 5.74) is 6.22. The van der Waals surface area contributed by atoms with Crippen LogP contribution in [0, 0.1) is 0 Å². The van der Waals surface area contributed by atoms with Crippen LogP contribution in [0.3, 0.4) is 0 Å². The van der Waals surface area contributed by atoms with Gasteiger partial charge in [0.15, 0.2) is 0 Å². The van der Waals surface area contributed by atoms with Gasteiger partial charge in [-0.05, 0) is 6.07 Å². The molecule has 1 unspecified atom stereocenters. The van der Waals surface area contributed by atoms with Gasteiger partial charge in [-0.25, -0.2) is 4.98 Å². The highest BCUT2D eigenvalue weighted by atomic mass is 35.5. The largest absolute Gasteiger partial charge is 0.397 e. The van der Waals surface area contributed by atoms with Crippen molar-refractivity contribution >= 4 is 23.2 Å². The molecule has 1 amide bonds. The minimum absolute atomic E-state index is 0.109. The van der Waals surface area contributed by atoms with Crippen molar-refractivity contribution in [2.45, 2.75) is 6.04 Å². The quantitative estimate of drug-likeness (QED) is 0.748. The number of anilines is 1. The zero-order chi connectivity index (χ0) is 13.1. The molecular formula is C11H14ClN3O3. The lowest BCUT2D eigenvalue weighted by Gasteiger charge is -2.34. The van der Waals surface area contributed by atoms with E-state index in [1.165, 1.54) is 17.2 Å². The molecule has 2 rings (SSSR count). The van der Waals surface area contributed by atoms with Gasteiger partial charge in [0, 0.05) is 6.54 Å². The number of carbonyl (C=O) groups excluding carboxylic acids is 1. The topological polar surface area (TPSA) is 88.7 Å². The lowest BCUT2D eigenvalue weighted by atomic mass is 10.1. The summed E-state index contributed by atoms with van der Waals surface area (Å²) in [4.78, 5) is 17.7. The first kappa shape index (κ1) is 13.1. The summed E-state index contributed by atoms with van der Waals surface area (Å²) in [5, 5.41) is 9.34. The molecule has 0 saturated carbocycles. The predicted molar refractivity (Wildman–Crippen MR) is 66.4 cm³/mol. The number of nitrogens with zero attached hydrogens (tertiary/aromatic N) is 2. The maximum absolute atomic E-state index is 12.3. The Balaban J connectivity index is 2.26. The lowest BCUT2D eigenvalue weighted by Crippen LogP contribution is -2.50. The Labute approximate surface area is 109 Å². The van der Waals surface area contributed by atoms with E-state index < -0.39 is 0 Å². The number of hydrogen-bond acceptors (Lipinski definition) is 5. The van der Waals surface area contributed by atoms with E-state index in [1.807, 2.05) is 0 Å². The standard InChI is InChI=1S/C11H14ClN3O3/c12-10-9(3-7(13)4-14-10)11(17)15-1-2-18-6-8(15)5-16/h3-4,8,16H,1-2,5-6,13H2. The average molecular weight is 272 g/mol. The summed E-state index contributed by atoms with van der Waals surface area (Å²) in [7, 11) is 0. The number of aliphatic hydroxyl groups excluding tert-OH is 1. The molecule has 1 aliphatic heterocycles. The van der Waals surface area contributed by atoms with Crippen molar-refractivity contribution in [1.29, 1.82) is 0 Å². The Morgan fingerprint density at radius 3 is 3.22 bits per heavy atom. The Bertz CT molecular complexity index is 455. The SMILES string of the molecule is Nc1cnc(Cl)c(C(=O)N2CCOCC2CO)c1. The first-order valence-electron chi connectivity index (χ1n) is 5.54. The molecule has 1 aromatic heterocycles. The number of pyridine rings is 1. The zero-order valence-corrected chi connectivity index (χ0v) is 10.4. The van der Waals surface area contributed by atoms with E-state index in [4.69, 9.17) is 22.1 Å². The number of carbonyl (C=O) groups is 1. The fourth-order valence-electron chi connectivity index (χ4n) is 1.84. The molecule has 1 fully saturated rings. The summed E-state index contributed by atoms with van der Waals surface area (Å²) in [5.74, 6) is -0.290. The number of ether oxygens (including phenoxy) is 1. The summed E-state index contributed by atoms with van der Waals surface area (Å²) in [6.07, 6.45) is 1.39. The molecule has 1 atom stereocenters. The number of morpholine rings is 1. The lowest BCUT2D eigenvalue weighted by molar-refractivity contribution is -0.0184. The van der Waals surface area contributed by atoms with E-state index in [0.29, 0.717) is 25.4 Å². The first-order valence-corrected chi connectivity index (χ1v) is 5.92. The maximum atomic E-state index is 12.3. The van der Waals surface area contributed by atoms with Crippen molar-refractivity contribution in [3.05, 3.63) is 23.0 Å². The van der Waals surface area contributed by atoms with Crippen LogP contribution in [0.2, 0.25) is 5.15 Å². The van der Waals surface area contributed by atoms with Crippen LogP contribution in [0.1, 0.15) is 10.4 Å². The molecule has 1 aromatic rings. The summed E-state index contributed by atoms with van der Waals surface area (Å²) < 4.78 is 5.22. The summed E-state index contributed by atoms with van der Waals surface area (Å²) in [6, 6.07) is 1.13. The number of nitrogen functional groups attached to an aromatic ring is 1. The number of rotatable bonds is 2. The predicted octanol–water partition coefficient (Wildman–Crippen LogP) is 0.150. The van der Waals surface area contributed by atoms with Crippen molar-refractivity contribution in [3.63, 3.8) is 0 Å². The van der Waals surface area contributed by atoms with E-state index >= 15 is 0 Å². The molecular weight excluding hydrogens is 258 g/mol. The molecule has 98 valence electrons.